The topological polar surface area (TPSA) is 58.5 Å². The van der Waals surface area contributed by atoms with E-state index in [1.54, 1.807) is 13.2 Å². The molecule has 0 aliphatic heterocycles. The molecule has 7 heteroatoms. The summed E-state index contributed by atoms with van der Waals surface area (Å²) in [6, 6.07) is 11.6. The fourth-order valence-electron chi connectivity index (χ4n) is 2.01. The van der Waals surface area contributed by atoms with E-state index in [0.29, 0.717) is 31.5 Å². The summed E-state index contributed by atoms with van der Waals surface area (Å²) in [5.41, 5.74) is 2.10. The molecule has 0 unspecified atom stereocenters. The number of ether oxygens (including phenoxy) is 1. The van der Waals surface area contributed by atoms with Crippen LogP contribution in [0.3, 0.4) is 0 Å². The number of pyridine rings is 1. The Hall–Kier alpha value is -1.54. The second-order valence-corrected chi connectivity index (χ2v) is 5.21. The molecule has 0 amide bonds. The number of rotatable bonds is 6. The van der Waals surface area contributed by atoms with Gasteiger partial charge in [0.1, 0.15) is 0 Å². The Labute approximate surface area is 164 Å². The minimum atomic E-state index is 0. The van der Waals surface area contributed by atoms with Crippen LogP contribution in [-0.4, -0.2) is 24.6 Å². The first-order chi connectivity index (χ1) is 11.2. The summed E-state index contributed by atoms with van der Waals surface area (Å²) < 4.78 is 5.40. The summed E-state index contributed by atoms with van der Waals surface area (Å²) >= 11 is 6.15. The van der Waals surface area contributed by atoms with Crippen LogP contribution in [0.15, 0.2) is 47.6 Å². The third kappa shape index (κ3) is 6.52. The Morgan fingerprint density at radius 2 is 1.96 bits per heavy atom. The van der Waals surface area contributed by atoms with Crippen molar-refractivity contribution in [1.29, 1.82) is 0 Å². The number of aliphatic imine (C=N–C) groups is 1. The van der Waals surface area contributed by atoms with E-state index in [1.807, 2.05) is 43.3 Å². The lowest BCUT2D eigenvalue weighted by atomic mass is 10.2. The molecule has 130 valence electrons. The quantitative estimate of drug-likeness (QED) is 0.393. The fraction of sp³-hybridized carbons (Fsp3) is 0.294. The van der Waals surface area contributed by atoms with Gasteiger partial charge in [-0.3, -0.25) is 4.99 Å². The molecule has 0 saturated heterocycles. The summed E-state index contributed by atoms with van der Waals surface area (Å²) in [5.74, 6) is 1.34. The maximum Gasteiger partial charge on any atom is 0.213 e. The standard InChI is InChI=1S/C17H21ClN4O.HI/c1-3-23-16-10-13(8-9-20-16)11-21-17(19-2)22-12-14-6-4-5-7-15(14)18;/h4-10H,3,11-12H2,1-2H3,(H2,19,21,22);1H. The van der Waals surface area contributed by atoms with Crippen LogP contribution in [0.1, 0.15) is 18.1 Å². The molecule has 0 radical (unpaired) electrons. The van der Waals surface area contributed by atoms with Gasteiger partial charge in [0.2, 0.25) is 5.88 Å². The Bertz CT molecular complexity index is 667. The molecule has 24 heavy (non-hydrogen) atoms. The van der Waals surface area contributed by atoms with E-state index in [4.69, 9.17) is 16.3 Å². The summed E-state index contributed by atoms with van der Waals surface area (Å²) in [7, 11) is 1.74. The minimum absolute atomic E-state index is 0. The van der Waals surface area contributed by atoms with Crippen LogP contribution >= 0.6 is 35.6 Å². The monoisotopic (exact) mass is 460 g/mol. The Balaban J connectivity index is 0.00000288. The number of benzene rings is 1. The summed E-state index contributed by atoms with van der Waals surface area (Å²) in [6.45, 7) is 3.78. The van der Waals surface area contributed by atoms with Gasteiger partial charge in [-0.1, -0.05) is 29.8 Å². The fourth-order valence-corrected chi connectivity index (χ4v) is 2.22. The first-order valence-electron chi connectivity index (χ1n) is 7.48. The van der Waals surface area contributed by atoms with Crippen LogP contribution < -0.4 is 15.4 Å². The molecule has 2 rings (SSSR count). The van der Waals surface area contributed by atoms with Crippen molar-refractivity contribution in [3.05, 3.63) is 58.7 Å². The molecule has 0 atom stereocenters. The van der Waals surface area contributed by atoms with Gasteiger partial charge in [-0.2, -0.15) is 0 Å². The zero-order chi connectivity index (χ0) is 16.5. The van der Waals surface area contributed by atoms with E-state index in [9.17, 15) is 0 Å². The van der Waals surface area contributed by atoms with Gasteiger partial charge in [-0.25, -0.2) is 4.98 Å². The van der Waals surface area contributed by atoms with Crippen molar-refractivity contribution in [3.63, 3.8) is 0 Å². The van der Waals surface area contributed by atoms with E-state index >= 15 is 0 Å². The number of guanidine groups is 1. The highest BCUT2D eigenvalue weighted by Gasteiger charge is 2.03. The van der Waals surface area contributed by atoms with E-state index in [2.05, 4.69) is 20.6 Å². The zero-order valence-corrected chi connectivity index (χ0v) is 16.8. The van der Waals surface area contributed by atoms with E-state index in [0.717, 1.165) is 16.1 Å². The molecule has 0 saturated carbocycles. The Kier molecular flexibility index (Phi) is 9.48. The molecule has 1 aromatic carbocycles. The average Bonchev–Trinajstić information content (AvgIpc) is 2.57. The highest BCUT2D eigenvalue weighted by Crippen LogP contribution is 2.14. The van der Waals surface area contributed by atoms with Crippen molar-refractivity contribution in [3.8, 4) is 5.88 Å². The van der Waals surface area contributed by atoms with Crippen molar-refractivity contribution in [2.75, 3.05) is 13.7 Å². The molecule has 0 bridgehead atoms. The van der Waals surface area contributed by atoms with Crippen molar-refractivity contribution in [2.24, 2.45) is 4.99 Å². The van der Waals surface area contributed by atoms with Crippen molar-refractivity contribution < 1.29 is 4.74 Å². The smallest absolute Gasteiger partial charge is 0.213 e. The molecule has 0 aliphatic rings. The largest absolute Gasteiger partial charge is 0.478 e. The van der Waals surface area contributed by atoms with Gasteiger partial charge >= 0.3 is 0 Å². The van der Waals surface area contributed by atoms with Gasteiger partial charge in [0, 0.05) is 37.4 Å². The highest BCUT2D eigenvalue weighted by atomic mass is 127. The van der Waals surface area contributed by atoms with Gasteiger partial charge in [-0.15, -0.1) is 24.0 Å². The predicted octanol–water partition coefficient (Wildman–Crippen LogP) is 3.62. The van der Waals surface area contributed by atoms with Crippen LogP contribution in [0.4, 0.5) is 0 Å². The van der Waals surface area contributed by atoms with Crippen LogP contribution in [0.2, 0.25) is 5.02 Å². The molecular weight excluding hydrogens is 439 g/mol. The Morgan fingerprint density at radius 3 is 2.67 bits per heavy atom. The number of aromatic nitrogens is 1. The second kappa shape index (κ2) is 11.1. The van der Waals surface area contributed by atoms with Crippen LogP contribution in [0, 0.1) is 0 Å². The van der Waals surface area contributed by atoms with Crippen LogP contribution in [-0.2, 0) is 13.1 Å². The summed E-state index contributed by atoms with van der Waals surface area (Å²) in [4.78, 5) is 8.36. The lowest BCUT2D eigenvalue weighted by Gasteiger charge is -2.13. The minimum Gasteiger partial charge on any atom is -0.478 e. The Morgan fingerprint density at radius 1 is 1.21 bits per heavy atom. The average molecular weight is 461 g/mol. The highest BCUT2D eigenvalue weighted by molar-refractivity contribution is 14.0. The third-order valence-corrected chi connectivity index (χ3v) is 3.55. The molecule has 0 spiro atoms. The molecule has 0 aliphatic carbocycles. The summed E-state index contributed by atoms with van der Waals surface area (Å²) in [6.07, 6.45) is 1.74. The molecular formula is C17H22ClIN4O. The number of hydrogen-bond donors (Lipinski definition) is 2. The van der Waals surface area contributed by atoms with Gasteiger partial charge < -0.3 is 15.4 Å². The van der Waals surface area contributed by atoms with Gasteiger partial charge in [0.25, 0.3) is 0 Å². The molecule has 0 fully saturated rings. The number of halogens is 2. The van der Waals surface area contributed by atoms with E-state index in [1.165, 1.54) is 0 Å². The molecule has 1 heterocycles. The van der Waals surface area contributed by atoms with Crippen molar-refractivity contribution >= 4 is 41.5 Å². The first kappa shape index (κ1) is 20.5. The lowest BCUT2D eigenvalue weighted by Crippen LogP contribution is -2.36. The number of nitrogens with one attached hydrogen (secondary N) is 2. The molecule has 5 nitrogen and oxygen atoms in total. The number of nitrogens with zero attached hydrogens (tertiary/aromatic N) is 2. The molecule has 2 aromatic rings. The first-order valence-corrected chi connectivity index (χ1v) is 7.86. The third-order valence-electron chi connectivity index (χ3n) is 3.18. The van der Waals surface area contributed by atoms with Gasteiger partial charge in [0.05, 0.1) is 6.61 Å². The SMILES string of the molecule is CCOc1cc(CNC(=NC)NCc2ccccc2Cl)ccn1.I. The molecule has 1 aromatic heterocycles. The van der Waals surface area contributed by atoms with Crippen molar-refractivity contribution in [1.82, 2.24) is 15.6 Å². The molecule has 2 N–H and O–H groups in total. The van der Waals surface area contributed by atoms with Crippen LogP contribution in [0.5, 0.6) is 5.88 Å². The maximum absolute atomic E-state index is 6.15. The zero-order valence-electron chi connectivity index (χ0n) is 13.8. The van der Waals surface area contributed by atoms with Gasteiger partial charge in [-0.05, 0) is 30.2 Å². The van der Waals surface area contributed by atoms with Crippen LogP contribution in [0.25, 0.3) is 0 Å². The van der Waals surface area contributed by atoms with E-state index < -0.39 is 0 Å². The summed E-state index contributed by atoms with van der Waals surface area (Å²) in [5, 5.41) is 7.24. The normalized spacial score (nSPS) is 10.7. The second-order valence-electron chi connectivity index (χ2n) is 4.81. The lowest BCUT2D eigenvalue weighted by molar-refractivity contribution is 0.326. The predicted molar refractivity (Wildman–Crippen MR) is 109 cm³/mol. The van der Waals surface area contributed by atoms with Crippen molar-refractivity contribution in [2.45, 2.75) is 20.0 Å². The van der Waals surface area contributed by atoms with E-state index in [-0.39, 0.29) is 24.0 Å². The number of hydrogen-bond acceptors (Lipinski definition) is 3. The van der Waals surface area contributed by atoms with Gasteiger partial charge in [0.15, 0.2) is 5.96 Å². The maximum atomic E-state index is 6.15.